The predicted octanol–water partition coefficient (Wildman–Crippen LogP) is -0.805. The lowest BCUT2D eigenvalue weighted by Gasteiger charge is -2.31. The number of pyridine rings is 2. The van der Waals surface area contributed by atoms with E-state index in [2.05, 4.69) is 77.2 Å². The summed E-state index contributed by atoms with van der Waals surface area (Å²) in [5, 5.41) is 64.4. The number of aliphatic hydroxyl groups is 2. The summed E-state index contributed by atoms with van der Waals surface area (Å²) >= 11 is 0. The normalized spacial score (nSPS) is 14.8. The number of imidazole rings is 2. The van der Waals surface area contributed by atoms with Gasteiger partial charge in [-0.25, -0.2) is 26.8 Å². The van der Waals surface area contributed by atoms with Crippen molar-refractivity contribution in [3.05, 3.63) is 181 Å². The summed E-state index contributed by atoms with van der Waals surface area (Å²) in [4.78, 5) is 174. The van der Waals surface area contributed by atoms with Gasteiger partial charge in [0, 0.05) is 166 Å². The van der Waals surface area contributed by atoms with E-state index in [4.69, 9.17) is 7.05 Å². The summed E-state index contributed by atoms with van der Waals surface area (Å²) in [6, 6.07) is 7.03. The van der Waals surface area contributed by atoms with E-state index in [-0.39, 0.29) is 124 Å². The summed E-state index contributed by atoms with van der Waals surface area (Å²) in [5.74, 6) is -10.7. The number of nitrogens with one attached hydrogen (secondary N) is 13. The van der Waals surface area contributed by atoms with Crippen LogP contribution in [0.1, 0.15) is 104 Å². The van der Waals surface area contributed by atoms with E-state index in [0.717, 1.165) is 11.1 Å². The summed E-state index contributed by atoms with van der Waals surface area (Å²) in [6.07, 6.45) is 7.52. The van der Waals surface area contributed by atoms with Crippen molar-refractivity contribution in [2.75, 3.05) is 115 Å². The zero-order chi connectivity index (χ0) is 94.2. The first-order valence-corrected chi connectivity index (χ1v) is 46.0. The van der Waals surface area contributed by atoms with Crippen LogP contribution in [0.3, 0.4) is 0 Å². The Morgan fingerprint density at radius 2 is 0.922 bits per heavy atom. The lowest BCUT2D eigenvalue weighted by molar-refractivity contribution is -0.139. The van der Waals surface area contributed by atoms with Crippen molar-refractivity contribution in [1.82, 2.24) is 95.3 Å². The Morgan fingerprint density at radius 3 is 1.33 bits per heavy atom. The summed E-state index contributed by atoms with van der Waals surface area (Å²) in [6.45, 7) is 10.5. The average Bonchev–Trinajstić information content (AvgIpc) is 1.74. The van der Waals surface area contributed by atoms with Crippen LogP contribution in [0.15, 0.2) is 117 Å². The lowest BCUT2D eigenvalue weighted by Crippen LogP contribution is -2.57. The molecule has 0 saturated carbocycles. The van der Waals surface area contributed by atoms with Gasteiger partial charge in [0.2, 0.25) is 60.4 Å². The van der Waals surface area contributed by atoms with Crippen molar-refractivity contribution in [1.29, 1.82) is 0 Å². The second-order valence-corrected chi connectivity index (χ2v) is 36.2. The zero-order valence-corrected chi connectivity index (χ0v) is 74.8. The van der Waals surface area contributed by atoms with Crippen LogP contribution in [0.2, 0.25) is 0 Å². The number of hydrogen-bond acceptors (Lipinski definition) is 27. The smallest absolute Gasteiger partial charge is 0.323 e. The van der Waals surface area contributed by atoms with Gasteiger partial charge in [-0.15, -0.1) is 0 Å². The summed E-state index contributed by atoms with van der Waals surface area (Å²) < 4.78 is 97.8. The number of aromatic amines is 2. The minimum absolute atomic E-state index is 0.00380. The van der Waals surface area contributed by atoms with Gasteiger partial charge in [0.05, 0.1) is 40.8 Å². The van der Waals surface area contributed by atoms with Crippen LogP contribution >= 0.6 is 0 Å². The molecular weight excluding hydrogens is 1740 g/mol. The second kappa shape index (κ2) is 46.3. The third kappa shape index (κ3) is 29.0. The molecule has 7 amide bonds. The average molecular weight is 1850 g/mol. The zero-order valence-electron chi connectivity index (χ0n) is 72.4. The highest BCUT2D eigenvalue weighted by molar-refractivity contribution is 7.90. The van der Waals surface area contributed by atoms with Gasteiger partial charge in [0.25, 0.3) is 21.9 Å². The van der Waals surface area contributed by atoms with E-state index in [1.165, 1.54) is 46.4 Å². The maximum absolute atomic E-state index is 14.7. The van der Waals surface area contributed by atoms with Gasteiger partial charge in [0.1, 0.15) is 47.1 Å². The molecule has 8 aromatic rings. The molecule has 1 aliphatic heterocycles. The first-order valence-electron chi connectivity index (χ1n) is 41.4. The number of aryl methyl sites for hydroxylation is 8. The number of carbonyl (C=O) groups excluding carboxylic acids is 7. The Morgan fingerprint density at radius 1 is 0.512 bits per heavy atom. The molecule has 46 heteroatoms. The standard InChI is InChI=1S/C83H111N21O22S3/c1-9-62(77(113)84-18-10-24-103-44-60(71(109)58-14-12-56(38-67(58)103)40-92-82-86-20-21-87-82)75(111)90-42-64(80(116)117)97-128(123,124)73-52(4)34-50(2)35-53(73)5)94-69(107)17-16-63(95-70(108)46-100-28-26-99(8)27-29-101(48-105)32-33-102(49-106)31-30-100)79(115)96-66(47-127(120,121)122)78(114)85-19-11-25-104-45-61(72(110)59-15-13-57(39-68(59)104)41-93-83-88-22-23-89-83)76(112)91-43-65(81(118)119)98-129(125,126)74-54(6)36-51(3)37-55(74)7/h8,12-15,20-23,34-39,44-45,62-66,97-98,105-106H,9-11,16-19,24-33,40-43,46-49H2,1-7H3,(H,84,113)(H,85,114)(H,90,111)(H,91,112)(H,94,107)(H,95,108)(H,96,115)(H,116,117)(H,118,119)(H2,86,87,92)(H2,88,89,93)(H,120,121,122)/t62-,63-,64?,65?,66-/m0/s1. The number of carboxylic acids is 2. The molecule has 4 aromatic heterocycles. The number of sulfonamides is 2. The number of carbonyl (C=O) groups is 9. The predicted molar refractivity (Wildman–Crippen MR) is 474 cm³/mol. The molecule has 0 bridgehead atoms. The summed E-state index contributed by atoms with van der Waals surface area (Å²) in [7, 11) is -7.79. The quantitative estimate of drug-likeness (QED) is 0.0164. The number of aliphatic carboxylic acids is 2. The fraction of sp³-hybridized carbons (Fsp3) is 0.446. The minimum atomic E-state index is -5.15. The van der Waals surface area contributed by atoms with Crippen LogP contribution in [0.5, 0.6) is 0 Å². The van der Waals surface area contributed by atoms with E-state index >= 15 is 0 Å². The van der Waals surface area contributed by atoms with Gasteiger partial charge in [-0.05, 0) is 125 Å². The summed E-state index contributed by atoms with van der Waals surface area (Å²) in [5.41, 5.74) is 2.29. The Hall–Kier alpha value is -12.0. The Bertz CT molecular complexity index is 5810. The number of H-pyrrole nitrogens is 2. The topological polar surface area (TPSA) is 604 Å². The van der Waals surface area contributed by atoms with Crippen molar-refractivity contribution >= 4 is 117 Å². The number of hydrogen-bond donors (Lipinski definition) is 18. The molecule has 43 nitrogen and oxygen atoms in total. The van der Waals surface area contributed by atoms with Gasteiger partial charge in [-0.1, -0.05) is 54.4 Å². The van der Waals surface area contributed by atoms with Gasteiger partial charge in [-0.2, -0.15) is 17.9 Å². The largest absolute Gasteiger partial charge is 0.480 e. The van der Waals surface area contributed by atoms with E-state index < -0.39 is 174 Å². The molecule has 1 saturated heterocycles. The van der Waals surface area contributed by atoms with Crippen LogP contribution in [0.25, 0.3) is 21.8 Å². The molecule has 5 heterocycles. The molecule has 2 radical (unpaired) electrons. The number of anilines is 2. The molecule has 18 N–H and O–H groups in total. The molecular formula is C83H111N21O22S3. The van der Waals surface area contributed by atoms with Crippen molar-refractivity contribution in [2.24, 2.45) is 0 Å². The SMILES string of the molecule is [CH]N1CCN(CO)CCN(CO)CCN(CC(=O)N[C@@H](CCC(=O)N[C@@H](CC)C(=O)NCCCn2cc(C(=O)NCC(NS(=O)(=O)c3c(C)cc(C)cc3C)C(=O)O)c(=O)c3ccc(CNc4ncc[nH]4)cc32)C(=O)N[C@@H](CS(=O)(=O)O)C(=O)NCCCn2cc(C(=O)NCC(NS(=O)(=O)c3c(C)cc(C)cc3C)C(=O)O)c(=O)c3ccc(CNc4ncc[nH]4)cc32)CC1. The van der Waals surface area contributed by atoms with Crippen molar-refractivity contribution in [2.45, 2.75) is 147 Å². The highest BCUT2D eigenvalue weighted by Crippen LogP contribution is 2.26. The van der Waals surface area contributed by atoms with E-state index in [0.29, 0.717) is 77.0 Å². The Balaban J connectivity index is 0.898. The number of carboxylic acid groups (broad SMARTS) is 2. The van der Waals surface area contributed by atoms with Gasteiger partial charge < -0.3 is 87.4 Å². The molecule has 698 valence electrons. The third-order valence-electron chi connectivity index (χ3n) is 21.3. The molecule has 9 rings (SSSR count). The van der Waals surface area contributed by atoms with Gasteiger partial charge >= 0.3 is 11.9 Å². The monoisotopic (exact) mass is 1850 g/mol. The van der Waals surface area contributed by atoms with Crippen molar-refractivity contribution in [3.63, 3.8) is 0 Å². The number of benzene rings is 4. The fourth-order valence-electron chi connectivity index (χ4n) is 14.9. The van der Waals surface area contributed by atoms with Crippen LogP contribution < -0.4 is 68.2 Å². The Labute approximate surface area is 744 Å². The van der Waals surface area contributed by atoms with E-state index in [1.54, 1.807) is 129 Å². The maximum Gasteiger partial charge on any atom is 0.323 e. The number of aliphatic hydroxyl groups excluding tert-OH is 2. The maximum atomic E-state index is 14.7. The highest BCUT2D eigenvalue weighted by Gasteiger charge is 2.35. The van der Waals surface area contributed by atoms with Crippen LogP contribution in [-0.2, 0) is 89.9 Å². The molecule has 4 aromatic carbocycles. The lowest BCUT2D eigenvalue weighted by atomic mass is 10.1. The van der Waals surface area contributed by atoms with Crippen LogP contribution in [-0.4, -0.2) is 287 Å². The first-order chi connectivity index (χ1) is 61.1. The molecule has 1 fully saturated rings. The van der Waals surface area contributed by atoms with Crippen LogP contribution in [0.4, 0.5) is 11.9 Å². The molecule has 0 aliphatic carbocycles. The fourth-order valence-corrected chi connectivity index (χ4v) is 18.9. The van der Waals surface area contributed by atoms with Gasteiger partial charge in [-0.3, -0.25) is 76.9 Å². The van der Waals surface area contributed by atoms with E-state index in [9.17, 15) is 103 Å². The number of rotatable bonds is 44. The van der Waals surface area contributed by atoms with Crippen molar-refractivity contribution < 1.29 is 93.4 Å². The first kappa shape index (κ1) is 101. The number of aromatic nitrogens is 6. The number of nitrogens with zero attached hydrogens (tertiary/aromatic N) is 8. The number of amides is 7. The van der Waals surface area contributed by atoms with E-state index in [1.807, 2.05) is 0 Å². The molecule has 5 atom stereocenters. The number of fused-ring (bicyclic) bond motifs is 2. The van der Waals surface area contributed by atoms with Crippen LogP contribution in [0, 0.1) is 48.6 Å². The van der Waals surface area contributed by atoms with Crippen molar-refractivity contribution in [3.8, 4) is 0 Å². The molecule has 129 heavy (non-hydrogen) atoms. The minimum Gasteiger partial charge on any atom is -0.480 e. The second-order valence-electron chi connectivity index (χ2n) is 31.4. The molecule has 0 spiro atoms. The highest BCUT2D eigenvalue weighted by atomic mass is 32.2. The molecule has 1 aliphatic rings. The Kier molecular flexibility index (Phi) is 36.2. The van der Waals surface area contributed by atoms with Gasteiger partial charge in [0.15, 0.2) is 11.9 Å². The molecule has 2 unspecified atom stereocenters. The third-order valence-corrected chi connectivity index (χ3v) is 25.6.